The molecule has 0 heterocycles. The molecule has 0 saturated carbocycles. The topological polar surface area (TPSA) is 35.2 Å². The number of hydrogen-bond donors (Lipinski definition) is 1. The summed E-state index contributed by atoms with van der Waals surface area (Å²) in [6, 6.07) is 11.9. The quantitative estimate of drug-likeness (QED) is 0.822. The maximum atomic E-state index is 12.7. The van der Waals surface area contributed by atoms with Crippen LogP contribution in [0.3, 0.4) is 0 Å². The number of nitrogens with two attached hydrogens (primary N) is 1. The lowest BCUT2D eigenvalue weighted by Crippen LogP contribution is -1.99. The molecule has 2 aromatic rings. The lowest BCUT2D eigenvalue weighted by molar-refractivity contribution is 0.308. The summed E-state index contributed by atoms with van der Waals surface area (Å²) in [6.07, 6.45) is 0. The minimum Gasteiger partial charge on any atom is -0.487 e. The fraction of sp³-hybridized carbons (Fsp3) is 0.143. The largest absolute Gasteiger partial charge is 0.487 e. The molecule has 2 nitrogen and oxygen atoms in total. The third-order valence-electron chi connectivity index (χ3n) is 2.47. The zero-order valence-corrected chi connectivity index (χ0v) is 9.61. The van der Waals surface area contributed by atoms with Crippen molar-refractivity contribution in [1.29, 1.82) is 0 Å². The fourth-order valence-electron chi connectivity index (χ4n) is 1.54. The molecule has 0 aromatic heterocycles. The number of aryl methyl sites for hydroxylation is 1. The summed E-state index contributed by atoms with van der Waals surface area (Å²) in [4.78, 5) is 0. The van der Waals surface area contributed by atoms with Crippen LogP contribution < -0.4 is 10.5 Å². The molecule has 0 atom stereocenters. The second-order valence-corrected chi connectivity index (χ2v) is 3.96. The van der Waals surface area contributed by atoms with Crippen LogP contribution in [0.2, 0.25) is 0 Å². The van der Waals surface area contributed by atoms with Crippen molar-refractivity contribution < 1.29 is 9.13 Å². The molecule has 0 spiro atoms. The smallest absolute Gasteiger partial charge is 0.142 e. The van der Waals surface area contributed by atoms with Crippen LogP contribution in [0.4, 0.5) is 10.1 Å². The Bertz CT molecular complexity index is 508. The van der Waals surface area contributed by atoms with Crippen molar-refractivity contribution in [2.24, 2.45) is 0 Å². The third-order valence-corrected chi connectivity index (χ3v) is 2.47. The molecule has 3 heteroatoms. The molecule has 0 amide bonds. The minimum absolute atomic E-state index is 0.247. The number of benzene rings is 2. The monoisotopic (exact) mass is 231 g/mol. The number of rotatable bonds is 3. The summed E-state index contributed by atoms with van der Waals surface area (Å²) in [5.74, 6) is 0.406. The summed E-state index contributed by atoms with van der Waals surface area (Å²) in [5.41, 5.74) is 8.45. The number of halogens is 1. The molecule has 0 aliphatic carbocycles. The van der Waals surface area contributed by atoms with Gasteiger partial charge in [0, 0.05) is 0 Å². The SMILES string of the molecule is Cc1ccc(OCc2ccc(F)cc2)c(N)c1. The zero-order valence-electron chi connectivity index (χ0n) is 9.61. The maximum Gasteiger partial charge on any atom is 0.142 e. The van der Waals surface area contributed by atoms with Gasteiger partial charge < -0.3 is 10.5 Å². The van der Waals surface area contributed by atoms with Gasteiger partial charge in [0.1, 0.15) is 18.2 Å². The average Bonchev–Trinajstić information content (AvgIpc) is 2.30. The number of anilines is 1. The number of nitrogen functional groups attached to an aromatic ring is 1. The van der Waals surface area contributed by atoms with Gasteiger partial charge in [0.05, 0.1) is 5.69 Å². The van der Waals surface area contributed by atoms with E-state index in [0.717, 1.165) is 11.1 Å². The summed E-state index contributed by atoms with van der Waals surface area (Å²) in [6.45, 7) is 2.35. The Hall–Kier alpha value is -2.03. The Morgan fingerprint density at radius 2 is 1.82 bits per heavy atom. The molecule has 2 aromatic carbocycles. The standard InChI is InChI=1S/C14H14FNO/c1-10-2-7-14(13(16)8-10)17-9-11-3-5-12(15)6-4-11/h2-8H,9,16H2,1H3. The molecule has 17 heavy (non-hydrogen) atoms. The van der Waals surface area contributed by atoms with Crippen molar-refractivity contribution in [3.05, 3.63) is 59.4 Å². The Morgan fingerprint density at radius 1 is 1.12 bits per heavy atom. The molecule has 0 aliphatic rings. The van der Waals surface area contributed by atoms with Crippen LogP contribution >= 0.6 is 0 Å². The Morgan fingerprint density at radius 3 is 2.47 bits per heavy atom. The average molecular weight is 231 g/mol. The zero-order chi connectivity index (χ0) is 12.3. The third kappa shape index (κ3) is 2.97. The van der Waals surface area contributed by atoms with E-state index >= 15 is 0 Å². The van der Waals surface area contributed by atoms with E-state index in [1.54, 1.807) is 12.1 Å². The van der Waals surface area contributed by atoms with Crippen LogP contribution in [0.15, 0.2) is 42.5 Å². The van der Waals surface area contributed by atoms with Gasteiger partial charge in [-0.2, -0.15) is 0 Å². The lowest BCUT2D eigenvalue weighted by Gasteiger charge is -2.09. The van der Waals surface area contributed by atoms with Gasteiger partial charge in [-0.3, -0.25) is 0 Å². The number of ether oxygens (including phenoxy) is 1. The maximum absolute atomic E-state index is 12.7. The highest BCUT2D eigenvalue weighted by Crippen LogP contribution is 2.23. The van der Waals surface area contributed by atoms with Gasteiger partial charge in [-0.05, 0) is 42.3 Å². The first kappa shape index (κ1) is 11.5. The van der Waals surface area contributed by atoms with Gasteiger partial charge in [-0.15, -0.1) is 0 Å². The molecule has 0 saturated heterocycles. The minimum atomic E-state index is -0.247. The summed E-state index contributed by atoms with van der Waals surface area (Å²) < 4.78 is 18.3. The van der Waals surface area contributed by atoms with Gasteiger partial charge in [-0.25, -0.2) is 4.39 Å². The Labute approximate surface area is 99.8 Å². The Kier molecular flexibility index (Phi) is 3.28. The van der Waals surface area contributed by atoms with Crippen LogP contribution in [-0.4, -0.2) is 0 Å². The molecule has 88 valence electrons. The number of hydrogen-bond acceptors (Lipinski definition) is 2. The molecule has 0 fully saturated rings. The summed E-state index contributed by atoms with van der Waals surface area (Å²) >= 11 is 0. The molecule has 0 unspecified atom stereocenters. The molecule has 0 aliphatic heterocycles. The second kappa shape index (κ2) is 4.87. The van der Waals surface area contributed by atoms with E-state index in [1.807, 2.05) is 25.1 Å². The fourth-order valence-corrected chi connectivity index (χ4v) is 1.54. The second-order valence-electron chi connectivity index (χ2n) is 3.96. The molecule has 2 rings (SSSR count). The molecule has 2 N–H and O–H groups in total. The van der Waals surface area contributed by atoms with Crippen LogP contribution in [0.1, 0.15) is 11.1 Å². The van der Waals surface area contributed by atoms with Gasteiger partial charge >= 0.3 is 0 Å². The van der Waals surface area contributed by atoms with E-state index in [0.29, 0.717) is 18.0 Å². The Balaban J connectivity index is 2.04. The van der Waals surface area contributed by atoms with Crippen molar-refractivity contribution >= 4 is 5.69 Å². The molecular weight excluding hydrogens is 217 g/mol. The van der Waals surface area contributed by atoms with Crippen molar-refractivity contribution in [2.75, 3.05) is 5.73 Å². The van der Waals surface area contributed by atoms with Crippen LogP contribution in [0, 0.1) is 12.7 Å². The first-order valence-corrected chi connectivity index (χ1v) is 5.38. The molecule has 0 radical (unpaired) electrons. The summed E-state index contributed by atoms with van der Waals surface area (Å²) in [7, 11) is 0. The normalized spacial score (nSPS) is 10.2. The van der Waals surface area contributed by atoms with E-state index in [4.69, 9.17) is 10.5 Å². The lowest BCUT2D eigenvalue weighted by atomic mass is 10.2. The van der Waals surface area contributed by atoms with Gasteiger partial charge in [-0.1, -0.05) is 18.2 Å². The van der Waals surface area contributed by atoms with E-state index in [2.05, 4.69) is 0 Å². The van der Waals surface area contributed by atoms with Crippen molar-refractivity contribution in [2.45, 2.75) is 13.5 Å². The van der Waals surface area contributed by atoms with Gasteiger partial charge in [0.15, 0.2) is 0 Å². The first-order chi connectivity index (χ1) is 8.15. The predicted molar refractivity (Wildman–Crippen MR) is 66.3 cm³/mol. The molecular formula is C14H14FNO. The highest BCUT2D eigenvalue weighted by molar-refractivity contribution is 5.54. The van der Waals surface area contributed by atoms with E-state index in [-0.39, 0.29) is 5.82 Å². The van der Waals surface area contributed by atoms with Crippen molar-refractivity contribution in [3.63, 3.8) is 0 Å². The van der Waals surface area contributed by atoms with Crippen LogP contribution in [0.25, 0.3) is 0 Å². The van der Waals surface area contributed by atoms with Crippen LogP contribution in [0.5, 0.6) is 5.75 Å². The van der Waals surface area contributed by atoms with E-state index in [1.165, 1.54) is 12.1 Å². The van der Waals surface area contributed by atoms with Crippen molar-refractivity contribution in [3.8, 4) is 5.75 Å². The van der Waals surface area contributed by atoms with Gasteiger partial charge in [0.25, 0.3) is 0 Å². The predicted octanol–water partition coefficient (Wildman–Crippen LogP) is 3.30. The molecule has 0 bridgehead atoms. The van der Waals surface area contributed by atoms with Crippen LogP contribution in [-0.2, 0) is 6.61 Å². The van der Waals surface area contributed by atoms with E-state index < -0.39 is 0 Å². The summed E-state index contributed by atoms with van der Waals surface area (Å²) in [5, 5.41) is 0. The first-order valence-electron chi connectivity index (χ1n) is 5.38. The highest BCUT2D eigenvalue weighted by atomic mass is 19.1. The van der Waals surface area contributed by atoms with Gasteiger partial charge in [0.2, 0.25) is 0 Å². The van der Waals surface area contributed by atoms with E-state index in [9.17, 15) is 4.39 Å². The highest BCUT2D eigenvalue weighted by Gasteiger charge is 2.01. The van der Waals surface area contributed by atoms with Crippen molar-refractivity contribution in [1.82, 2.24) is 0 Å².